The van der Waals surface area contributed by atoms with Gasteiger partial charge in [0.1, 0.15) is 0 Å². The lowest BCUT2D eigenvalue weighted by Crippen LogP contribution is -2.17. The monoisotopic (exact) mass is 306 g/mol. The molecule has 0 unspecified atom stereocenters. The number of hydrogen-bond donors (Lipinski definition) is 1. The van der Waals surface area contributed by atoms with Gasteiger partial charge in [-0.3, -0.25) is 4.57 Å². The zero-order valence-corrected chi connectivity index (χ0v) is 11.7. The van der Waals surface area contributed by atoms with Crippen LogP contribution in [0.2, 0.25) is 0 Å². The van der Waals surface area contributed by atoms with Gasteiger partial charge >= 0.3 is 11.9 Å². The highest BCUT2D eigenvalue weighted by Gasteiger charge is 2.33. The Bertz CT molecular complexity index is 890. The van der Waals surface area contributed by atoms with E-state index in [1.165, 1.54) is 16.7 Å². The number of nitrogens with zero attached hydrogens (tertiary/aromatic N) is 1. The molecule has 1 aromatic heterocycles. The minimum Gasteiger partial charge on any atom is -0.305 e. The summed E-state index contributed by atoms with van der Waals surface area (Å²) < 4.78 is 40.3. The molecular weight excluding hydrogens is 293 g/mol. The number of fused-ring (bicyclic) bond motifs is 1. The first-order chi connectivity index (χ1) is 10.4. The lowest BCUT2D eigenvalue weighted by molar-refractivity contribution is -0.136. The number of imidazole rings is 1. The number of benzene rings is 2. The maximum Gasteiger partial charge on any atom is 0.418 e. The van der Waals surface area contributed by atoms with Gasteiger partial charge in [0, 0.05) is 0 Å². The van der Waals surface area contributed by atoms with Crippen molar-refractivity contribution < 1.29 is 13.2 Å². The standard InChI is InChI=1S/C16H13F3N2O/c1-10-4-2-5-11(8-10)9-21-13-7-3-6-12(16(17,18)19)14(13)20-15(21)22/h2-8H,9H2,1H3,(H,20,22). The average Bonchev–Trinajstić information content (AvgIpc) is 2.74. The first-order valence-corrected chi connectivity index (χ1v) is 6.70. The first-order valence-electron chi connectivity index (χ1n) is 6.70. The molecule has 0 amide bonds. The van der Waals surface area contributed by atoms with E-state index in [1.807, 2.05) is 31.2 Å². The zero-order chi connectivity index (χ0) is 15.9. The minimum atomic E-state index is -4.50. The third-order valence-electron chi connectivity index (χ3n) is 3.54. The second-order valence-corrected chi connectivity index (χ2v) is 5.20. The van der Waals surface area contributed by atoms with E-state index in [0.29, 0.717) is 0 Å². The number of alkyl halides is 3. The molecule has 1 N–H and O–H groups in total. The summed E-state index contributed by atoms with van der Waals surface area (Å²) in [6.07, 6.45) is -4.50. The Morgan fingerprint density at radius 2 is 1.86 bits per heavy atom. The summed E-state index contributed by atoms with van der Waals surface area (Å²) in [6.45, 7) is 2.14. The molecule has 0 atom stereocenters. The molecule has 3 aromatic rings. The number of halogens is 3. The Morgan fingerprint density at radius 1 is 1.14 bits per heavy atom. The summed E-state index contributed by atoms with van der Waals surface area (Å²) in [5.41, 5.74) is 0.592. The molecule has 0 aliphatic carbocycles. The minimum absolute atomic E-state index is 0.173. The van der Waals surface area contributed by atoms with Crippen LogP contribution >= 0.6 is 0 Å². The fourth-order valence-corrected chi connectivity index (χ4v) is 2.57. The molecule has 0 saturated carbocycles. The smallest absolute Gasteiger partial charge is 0.305 e. The molecule has 0 spiro atoms. The van der Waals surface area contributed by atoms with Gasteiger partial charge in [0.2, 0.25) is 0 Å². The third kappa shape index (κ3) is 2.52. The fraction of sp³-hybridized carbons (Fsp3) is 0.188. The Labute approximate surface area is 124 Å². The van der Waals surface area contributed by atoms with E-state index in [4.69, 9.17) is 0 Å². The lowest BCUT2D eigenvalue weighted by Gasteiger charge is -2.08. The van der Waals surface area contributed by atoms with Crippen LogP contribution in [0, 0.1) is 6.92 Å². The Balaban J connectivity index is 2.15. The van der Waals surface area contributed by atoms with Crippen molar-refractivity contribution in [1.29, 1.82) is 0 Å². The largest absolute Gasteiger partial charge is 0.418 e. The molecule has 1 heterocycles. The number of hydrogen-bond acceptors (Lipinski definition) is 1. The van der Waals surface area contributed by atoms with E-state index in [-0.39, 0.29) is 17.6 Å². The predicted octanol–water partition coefficient (Wildman–Crippen LogP) is 3.71. The van der Waals surface area contributed by atoms with Crippen LogP contribution in [-0.4, -0.2) is 9.55 Å². The van der Waals surface area contributed by atoms with Gasteiger partial charge in [0.15, 0.2) is 0 Å². The van der Waals surface area contributed by atoms with Crippen LogP contribution in [-0.2, 0) is 12.7 Å². The van der Waals surface area contributed by atoms with Crippen molar-refractivity contribution in [2.45, 2.75) is 19.6 Å². The van der Waals surface area contributed by atoms with E-state index < -0.39 is 17.4 Å². The molecule has 0 radical (unpaired) electrons. The number of nitrogens with one attached hydrogen (secondary N) is 1. The normalized spacial score (nSPS) is 12.0. The van der Waals surface area contributed by atoms with Gasteiger partial charge in [0.05, 0.1) is 23.1 Å². The Morgan fingerprint density at radius 3 is 2.55 bits per heavy atom. The van der Waals surface area contributed by atoms with Crippen LogP contribution < -0.4 is 5.69 Å². The van der Waals surface area contributed by atoms with Gasteiger partial charge < -0.3 is 4.98 Å². The lowest BCUT2D eigenvalue weighted by atomic mass is 10.1. The second-order valence-electron chi connectivity index (χ2n) is 5.20. The van der Waals surface area contributed by atoms with Crippen molar-refractivity contribution in [1.82, 2.24) is 9.55 Å². The zero-order valence-electron chi connectivity index (χ0n) is 11.7. The highest BCUT2D eigenvalue weighted by atomic mass is 19.4. The maximum absolute atomic E-state index is 13.0. The van der Waals surface area contributed by atoms with Gasteiger partial charge in [-0.25, -0.2) is 4.79 Å². The van der Waals surface area contributed by atoms with Gasteiger partial charge in [0.25, 0.3) is 0 Å². The molecule has 0 aliphatic rings. The molecule has 0 saturated heterocycles. The molecular formula is C16H13F3N2O. The highest BCUT2D eigenvalue weighted by Crippen LogP contribution is 2.33. The van der Waals surface area contributed by atoms with Crippen molar-refractivity contribution in [2.75, 3.05) is 0 Å². The summed E-state index contributed by atoms with van der Waals surface area (Å²) in [7, 11) is 0. The Kier molecular flexibility index (Phi) is 3.31. The number of aromatic amines is 1. The second kappa shape index (κ2) is 5.05. The summed E-state index contributed by atoms with van der Waals surface area (Å²) in [4.78, 5) is 14.4. The molecule has 3 rings (SSSR count). The van der Waals surface area contributed by atoms with Crippen LogP contribution in [0.1, 0.15) is 16.7 Å². The van der Waals surface area contributed by atoms with Crippen molar-refractivity contribution in [3.05, 3.63) is 69.6 Å². The van der Waals surface area contributed by atoms with Gasteiger partial charge in [-0.15, -0.1) is 0 Å². The number of H-pyrrole nitrogens is 1. The molecule has 6 heteroatoms. The molecule has 0 aliphatic heterocycles. The van der Waals surface area contributed by atoms with Crippen LogP contribution in [0.15, 0.2) is 47.3 Å². The van der Waals surface area contributed by atoms with Crippen molar-refractivity contribution >= 4 is 11.0 Å². The van der Waals surface area contributed by atoms with E-state index >= 15 is 0 Å². The maximum atomic E-state index is 13.0. The molecule has 114 valence electrons. The van der Waals surface area contributed by atoms with E-state index in [0.717, 1.165) is 17.2 Å². The van der Waals surface area contributed by atoms with Crippen molar-refractivity contribution in [3.8, 4) is 0 Å². The first kappa shape index (κ1) is 14.4. The average molecular weight is 306 g/mol. The van der Waals surface area contributed by atoms with Crippen LogP contribution in [0.4, 0.5) is 13.2 Å². The number of para-hydroxylation sites is 1. The number of aryl methyl sites for hydroxylation is 1. The van der Waals surface area contributed by atoms with E-state index in [2.05, 4.69) is 4.98 Å². The molecule has 2 aromatic carbocycles. The van der Waals surface area contributed by atoms with Crippen LogP contribution in [0.3, 0.4) is 0 Å². The van der Waals surface area contributed by atoms with Crippen molar-refractivity contribution in [3.63, 3.8) is 0 Å². The SMILES string of the molecule is Cc1cccc(Cn2c(=O)[nH]c3c(C(F)(F)F)cccc32)c1. The fourth-order valence-electron chi connectivity index (χ4n) is 2.57. The summed E-state index contributed by atoms with van der Waals surface area (Å²) in [5.74, 6) is 0. The van der Waals surface area contributed by atoms with Crippen LogP contribution in [0.25, 0.3) is 11.0 Å². The summed E-state index contributed by atoms with van der Waals surface area (Å²) in [6, 6.07) is 11.3. The third-order valence-corrected chi connectivity index (χ3v) is 3.54. The molecule has 22 heavy (non-hydrogen) atoms. The molecule has 3 nitrogen and oxygen atoms in total. The van der Waals surface area contributed by atoms with E-state index in [9.17, 15) is 18.0 Å². The van der Waals surface area contributed by atoms with Gasteiger partial charge in [-0.05, 0) is 24.6 Å². The quantitative estimate of drug-likeness (QED) is 0.770. The van der Waals surface area contributed by atoms with Crippen molar-refractivity contribution in [2.24, 2.45) is 0 Å². The van der Waals surface area contributed by atoms with Gasteiger partial charge in [-0.1, -0.05) is 35.9 Å². The van der Waals surface area contributed by atoms with Gasteiger partial charge in [-0.2, -0.15) is 13.2 Å². The molecule has 0 bridgehead atoms. The highest BCUT2D eigenvalue weighted by molar-refractivity contribution is 5.79. The topological polar surface area (TPSA) is 37.8 Å². The number of aromatic nitrogens is 2. The molecule has 0 fully saturated rings. The van der Waals surface area contributed by atoms with Crippen LogP contribution in [0.5, 0.6) is 0 Å². The Hall–Kier alpha value is -2.50. The van der Waals surface area contributed by atoms with E-state index in [1.54, 1.807) is 0 Å². The predicted molar refractivity (Wildman–Crippen MR) is 77.8 cm³/mol. The summed E-state index contributed by atoms with van der Waals surface area (Å²) >= 11 is 0. The summed E-state index contributed by atoms with van der Waals surface area (Å²) in [5, 5.41) is 0. The number of rotatable bonds is 2.